The molecule has 7 nitrogen and oxygen atoms in total. The van der Waals surface area contributed by atoms with Gasteiger partial charge in [-0.15, -0.1) is 0 Å². The Balaban J connectivity index is 1.60. The van der Waals surface area contributed by atoms with Crippen LogP contribution in [-0.4, -0.2) is 40.6 Å². The topological polar surface area (TPSA) is 72.0 Å². The van der Waals surface area contributed by atoms with Crippen LogP contribution in [-0.2, 0) is 13.1 Å². The monoisotopic (exact) mass is 411 g/mol. The number of benzene rings is 1. The van der Waals surface area contributed by atoms with Gasteiger partial charge in [0.05, 0.1) is 19.7 Å². The second-order valence-electron chi connectivity index (χ2n) is 7.18. The van der Waals surface area contributed by atoms with Crippen LogP contribution in [0.3, 0.4) is 0 Å². The summed E-state index contributed by atoms with van der Waals surface area (Å²) >= 11 is 0. The first kappa shape index (κ1) is 20.2. The third-order valence-electron chi connectivity index (χ3n) is 5.11. The number of carbonyl (C=O) groups is 1. The van der Waals surface area contributed by atoms with Gasteiger partial charge in [-0.3, -0.25) is 19.8 Å². The lowest BCUT2D eigenvalue weighted by molar-refractivity contribution is 0.0784. The first-order valence-corrected chi connectivity index (χ1v) is 9.91. The first-order valence-electron chi connectivity index (χ1n) is 9.91. The number of nitrogens with zero attached hydrogens (tertiary/aromatic N) is 5. The van der Waals surface area contributed by atoms with Crippen LogP contribution in [0.1, 0.15) is 34.0 Å². The smallest absolute Gasteiger partial charge is 0.254 e. The number of pyridine rings is 2. The molecule has 0 fully saturated rings. The quantitative estimate of drug-likeness (QED) is 0.567. The highest BCUT2D eigenvalue weighted by Gasteiger charge is 2.19. The Morgan fingerprint density at radius 1 is 1.19 bits per heavy atom. The van der Waals surface area contributed by atoms with Crippen LogP contribution >= 0.6 is 0 Å². The second-order valence-corrected chi connectivity index (χ2v) is 7.18. The Morgan fingerprint density at radius 2 is 2.03 bits per heavy atom. The van der Waals surface area contributed by atoms with Crippen molar-refractivity contribution in [3.63, 3.8) is 0 Å². The minimum absolute atomic E-state index is 0.114. The van der Waals surface area contributed by atoms with Gasteiger partial charge in [-0.25, -0.2) is 4.85 Å². The van der Waals surface area contributed by atoms with Gasteiger partial charge in [-0.05, 0) is 47.9 Å². The van der Waals surface area contributed by atoms with Crippen LogP contribution < -0.4 is 4.74 Å². The fourth-order valence-electron chi connectivity index (χ4n) is 3.58. The van der Waals surface area contributed by atoms with Crippen LogP contribution in [0, 0.1) is 6.57 Å². The summed E-state index contributed by atoms with van der Waals surface area (Å²) in [7, 11) is 1.77. The number of fused-ring (bicyclic) bond motifs is 1. The van der Waals surface area contributed by atoms with Gasteiger partial charge in [-0.2, -0.15) is 0 Å². The summed E-state index contributed by atoms with van der Waals surface area (Å²) in [4.78, 5) is 30.9. The number of amides is 1. The molecule has 0 aliphatic carbocycles. The Kier molecular flexibility index (Phi) is 5.72. The number of aliphatic imine (C=N–C) groups is 1. The average molecular weight is 411 g/mol. The van der Waals surface area contributed by atoms with Gasteiger partial charge >= 0.3 is 0 Å². The fraction of sp³-hybridized carbons (Fsp3) is 0.208. The largest absolute Gasteiger partial charge is 0.493 e. The van der Waals surface area contributed by atoms with Crippen molar-refractivity contribution >= 4 is 17.8 Å². The van der Waals surface area contributed by atoms with Crippen LogP contribution in [0.25, 0.3) is 16.0 Å². The molecule has 0 spiro atoms. The van der Waals surface area contributed by atoms with E-state index in [9.17, 15) is 4.79 Å². The van der Waals surface area contributed by atoms with E-state index in [4.69, 9.17) is 11.3 Å². The zero-order chi connectivity index (χ0) is 21.8. The molecule has 4 rings (SSSR count). The molecule has 0 bridgehead atoms. The number of rotatable bonds is 6. The normalized spacial score (nSPS) is 11.6. The van der Waals surface area contributed by atoms with E-state index < -0.39 is 0 Å². The Morgan fingerprint density at radius 3 is 2.84 bits per heavy atom. The summed E-state index contributed by atoms with van der Waals surface area (Å²) in [6.45, 7) is 10.6. The van der Waals surface area contributed by atoms with E-state index in [1.807, 2.05) is 19.2 Å². The van der Waals surface area contributed by atoms with Gasteiger partial charge in [-0.1, -0.05) is 0 Å². The lowest BCUT2D eigenvalue weighted by atomic mass is 10.0. The Bertz CT molecular complexity index is 1210. The molecule has 2 aromatic heterocycles. The van der Waals surface area contributed by atoms with Crippen molar-refractivity contribution in [2.75, 3.05) is 13.7 Å². The third-order valence-corrected chi connectivity index (χ3v) is 5.11. The molecule has 1 aliphatic heterocycles. The standard InChI is InChI=1S/C24H21N5O2/c1-4-31-23-8-16(5-6-21(23)17-7-20(25-2)13-27-9-17)24(30)29(3)15-19-12-26-10-18-11-28-14-22(18)19/h5-13H,4,14-15H2,1,3H3. The third kappa shape index (κ3) is 4.14. The van der Waals surface area contributed by atoms with Crippen molar-refractivity contribution in [2.24, 2.45) is 4.99 Å². The Labute approximate surface area is 180 Å². The zero-order valence-electron chi connectivity index (χ0n) is 17.4. The number of aromatic nitrogens is 2. The number of hydrogen-bond donors (Lipinski definition) is 0. The molecule has 0 radical (unpaired) electrons. The molecule has 0 unspecified atom stereocenters. The van der Waals surface area contributed by atoms with E-state index >= 15 is 0 Å². The molecule has 1 aromatic carbocycles. The summed E-state index contributed by atoms with van der Waals surface area (Å²) in [6, 6.07) is 7.12. The van der Waals surface area contributed by atoms with E-state index in [0.717, 1.165) is 27.8 Å². The van der Waals surface area contributed by atoms with Crippen molar-refractivity contribution in [1.29, 1.82) is 0 Å². The SMILES string of the molecule is [C-]#[N+]c1cncc(-c2ccc(C(=O)N(C)Cc3cncc4c3CN=C4)cc2OCC)c1. The maximum atomic E-state index is 13.1. The molecule has 31 heavy (non-hydrogen) atoms. The van der Waals surface area contributed by atoms with Gasteiger partial charge in [0.1, 0.15) is 5.75 Å². The molecule has 3 aromatic rings. The maximum absolute atomic E-state index is 13.1. The van der Waals surface area contributed by atoms with Crippen molar-refractivity contribution in [1.82, 2.24) is 14.9 Å². The molecule has 7 heteroatoms. The van der Waals surface area contributed by atoms with E-state index in [1.165, 1.54) is 6.20 Å². The number of hydrogen-bond acceptors (Lipinski definition) is 5. The minimum Gasteiger partial charge on any atom is -0.493 e. The van der Waals surface area contributed by atoms with Crippen LogP contribution in [0.5, 0.6) is 5.75 Å². The number of carbonyl (C=O) groups excluding carboxylic acids is 1. The van der Waals surface area contributed by atoms with Gasteiger partial charge in [0.25, 0.3) is 5.91 Å². The molecule has 0 saturated carbocycles. The highest BCUT2D eigenvalue weighted by molar-refractivity contribution is 5.95. The minimum atomic E-state index is -0.114. The van der Waals surface area contributed by atoms with Gasteiger partial charge in [0.2, 0.25) is 5.69 Å². The van der Waals surface area contributed by atoms with Crippen molar-refractivity contribution in [3.05, 3.63) is 82.7 Å². The molecule has 1 amide bonds. The lowest BCUT2D eigenvalue weighted by Crippen LogP contribution is -2.27. The van der Waals surface area contributed by atoms with Crippen LogP contribution in [0.15, 0.2) is 54.0 Å². The van der Waals surface area contributed by atoms with Gasteiger partial charge in [0.15, 0.2) is 0 Å². The van der Waals surface area contributed by atoms with Crippen molar-refractivity contribution in [2.45, 2.75) is 20.0 Å². The molecule has 0 N–H and O–H groups in total. The first-order chi connectivity index (χ1) is 15.1. The van der Waals surface area contributed by atoms with Crippen LogP contribution in [0.2, 0.25) is 0 Å². The van der Waals surface area contributed by atoms with E-state index in [1.54, 1.807) is 48.7 Å². The molecule has 0 saturated heterocycles. The van der Waals surface area contributed by atoms with Crippen molar-refractivity contribution in [3.8, 4) is 16.9 Å². The maximum Gasteiger partial charge on any atom is 0.254 e. The predicted molar refractivity (Wildman–Crippen MR) is 118 cm³/mol. The molecule has 154 valence electrons. The molecular formula is C24H21N5O2. The average Bonchev–Trinajstić information content (AvgIpc) is 3.29. The molecule has 0 atom stereocenters. The molecule has 3 heterocycles. The fourth-order valence-corrected chi connectivity index (χ4v) is 3.58. The van der Waals surface area contributed by atoms with Crippen LogP contribution in [0.4, 0.5) is 5.69 Å². The van der Waals surface area contributed by atoms with E-state index in [0.29, 0.717) is 36.7 Å². The number of ether oxygens (including phenoxy) is 1. The summed E-state index contributed by atoms with van der Waals surface area (Å²) in [6.07, 6.45) is 8.61. The van der Waals surface area contributed by atoms with E-state index in [-0.39, 0.29) is 5.91 Å². The predicted octanol–water partition coefficient (Wildman–Crippen LogP) is 4.30. The van der Waals surface area contributed by atoms with Crippen molar-refractivity contribution < 1.29 is 9.53 Å². The summed E-state index contributed by atoms with van der Waals surface area (Å²) in [5.41, 5.74) is 5.67. The summed E-state index contributed by atoms with van der Waals surface area (Å²) in [5.74, 6) is 0.471. The Hall–Kier alpha value is -4.05. The summed E-state index contributed by atoms with van der Waals surface area (Å²) in [5, 5.41) is 0. The summed E-state index contributed by atoms with van der Waals surface area (Å²) < 4.78 is 5.81. The highest BCUT2D eigenvalue weighted by Crippen LogP contribution is 2.33. The molecular weight excluding hydrogens is 390 g/mol. The lowest BCUT2D eigenvalue weighted by Gasteiger charge is -2.20. The molecule has 1 aliphatic rings. The second kappa shape index (κ2) is 8.76. The highest BCUT2D eigenvalue weighted by atomic mass is 16.5. The zero-order valence-corrected chi connectivity index (χ0v) is 17.4. The van der Waals surface area contributed by atoms with Gasteiger partial charge < -0.3 is 9.64 Å². The van der Waals surface area contributed by atoms with E-state index in [2.05, 4.69) is 19.8 Å². The van der Waals surface area contributed by atoms with Gasteiger partial charge in [0, 0.05) is 61.3 Å².